The summed E-state index contributed by atoms with van der Waals surface area (Å²) in [5.41, 5.74) is 0. The molecule has 0 unspecified atom stereocenters. The van der Waals surface area contributed by atoms with Crippen LogP contribution in [0.5, 0.6) is 0 Å². The second-order valence-corrected chi connectivity index (χ2v) is 11.0. The predicted molar refractivity (Wildman–Crippen MR) is 152 cm³/mol. The molecule has 0 radical (unpaired) electrons. The zero-order valence-corrected chi connectivity index (χ0v) is 25.2. The third-order valence-corrected chi connectivity index (χ3v) is 7.36. The van der Waals surface area contributed by atoms with Gasteiger partial charge in [0.05, 0.1) is 19.8 Å². The van der Waals surface area contributed by atoms with Gasteiger partial charge >= 0.3 is 11.9 Å². The number of esters is 2. The van der Waals surface area contributed by atoms with Gasteiger partial charge in [0, 0.05) is 12.8 Å². The van der Waals surface area contributed by atoms with E-state index in [0.717, 1.165) is 64.2 Å². The molecule has 1 heterocycles. The topological polar surface area (TPSA) is 172 Å². The molecule has 1 fully saturated rings. The number of hydrogen-bond acceptors (Lipinski definition) is 11. The SMILES string of the molecule is CCCCCCCCCC(=O)O[C@@H]1[C@H](OC[C@@H](O)[C@H](O)CO)O[C@H](CO)[C@@H](O)[C@@H]1OC(=O)CCCCCCCCC. The van der Waals surface area contributed by atoms with E-state index in [1.54, 1.807) is 0 Å². The van der Waals surface area contributed by atoms with E-state index < -0.39 is 74.7 Å². The van der Waals surface area contributed by atoms with Crippen LogP contribution in [0.3, 0.4) is 0 Å². The highest BCUT2D eigenvalue weighted by molar-refractivity contribution is 5.70. The summed E-state index contributed by atoms with van der Waals surface area (Å²) < 4.78 is 22.4. The molecule has 11 heteroatoms. The van der Waals surface area contributed by atoms with E-state index in [0.29, 0.717) is 12.8 Å². The molecule has 242 valence electrons. The number of unbranched alkanes of at least 4 members (excludes halogenated alkanes) is 12. The Morgan fingerprint density at radius 3 is 1.63 bits per heavy atom. The van der Waals surface area contributed by atoms with Crippen LogP contribution in [-0.4, -0.2) is 100 Å². The van der Waals surface area contributed by atoms with Crippen LogP contribution in [0.25, 0.3) is 0 Å². The maximum atomic E-state index is 12.8. The minimum absolute atomic E-state index is 0.112. The van der Waals surface area contributed by atoms with Crippen molar-refractivity contribution in [1.29, 1.82) is 0 Å². The van der Waals surface area contributed by atoms with Crippen molar-refractivity contribution >= 4 is 11.9 Å². The lowest BCUT2D eigenvalue weighted by Gasteiger charge is -2.43. The minimum atomic E-state index is -1.50. The van der Waals surface area contributed by atoms with Gasteiger partial charge in [0.25, 0.3) is 0 Å². The quantitative estimate of drug-likeness (QED) is 0.0824. The summed E-state index contributed by atoms with van der Waals surface area (Å²) in [5.74, 6) is -1.16. The molecule has 7 atom stereocenters. The van der Waals surface area contributed by atoms with Crippen LogP contribution in [0.4, 0.5) is 0 Å². The fraction of sp³-hybridized carbons (Fsp3) is 0.933. The Hall–Kier alpha value is -1.34. The van der Waals surface area contributed by atoms with Crippen LogP contribution in [0.2, 0.25) is 0 Å². The van der Waals surface area contributed by atoms with E-state index in [4.69, 9.17) is 24.1 Å². The average molecular weight is 593 g/mol. The summed E-state index contributed by atoms with van der Waals surface area (Å²) in [5, 5.41) is 49.4. The van der Waals surface area contributed by atoms with Crippen molar-refractivity contribution in [3.05, 3.63) is 0 Å². The summed E-state index contributed by atoms with van der Waals surface area (Å²) in [6.45, 7) is 2.46. The molecule has 1 aliphatic rings. The third-order valence-electron chi connectivity index (χ3n) is 7.36. The second-order valence-electron chi connectivity index (χ2n) is 11.0. The standard InChI is InChI=1S/C30H56O11/c1-3-5-7-9-11-13-15-17-25(35)40-28-27(37)24(20-32)39-30(38-21-23(34)22(33)19-31)29(28)41-26(36)18-16-14-12-10-8-6-4-2/h22-24,27-34,37H,3-21H2,1-2H3/t22-,23-,24-,27-,28+,29+,30-/m1/s1. The van der Waals surface area contributed by atoms with Crippen molar-refractivity contribution in [1.82, 2.24) is 0 Å². The van der Waals surface area contributed by atoms with Crippen LogP contribution in [-0.2, 0) is 28.5 Å². The van der Waals surface area contributed by atoms with Crippen molar-refractivity contribution in [2.75, 3.05) is 19.8 Å². The van der Waals surface area contributed by atoms with Gasteiger partial charge in [-0.15, -0.1) is 0 Å². The number of aliphatic hydroxyl groups is 5. The molecular formula is C30H56O11. The molecule has 11 nitrogen and oxygen atoms in total. The van der Waals surface area contributed by atoms with Crippen LogP contribution < -0.4 is 0 Å². The molecule has 0 amide bonds. The molecule has 5 N–H and O–H groups in total. The van der Waals surface area contributed by atoms with Crippen LogP contribution in [0.1, 0.15) is 117 Å². The second kappa shape index (κ2) is 23.2. The van der Waals surface area contributed by atoms with E-state index in [2.05, 4.69) is 13.8 Å². The van der Waals surface area contributed by atoms with Crippen molar-refractivity contribution in [2.45, 2.75) is 159 Å². The van der Waals surface area contributed by atoms with Gasteiger partial charge in [-0.05, 0) is 12.8 Å². The van der Waals surface area contributed by atoms with Gasteiger partial charge < -0.3 is 44.5 Å². The Morgan fingerprint density at radius 2 is 1.17 bits per heavy atom. The number of carbonyl (C=O) groups is 2. The van der Waals surface area contributed by atoms with E-state index >= 15 is 0 Å². The molecule has 0 aromatic carbocycles. The maximum Gasteiger partial charge on any atom is 0.306 e. The molecular weight excluding hydrogens is 536 g/mol. The van der Waals surface area contributed by atoms with Crippen LogP contribution in [0.15, 0.2) is 0 Å². The number of hydrogen-bond donors (Lipinski definition) is 5. The Kier molecular flexibility index (Phi) is 21.3. The monoisotopic (exact) mass is 592 g/mol. The Morgan fingerprint density at radius 1 is 0.707 bits per heavy atom. The van der Waals surface area contributed by atoms with E-state index in [-0.39, 0.29) is 12.8 Å². The van der Waals surface area contributed by atoms with Crippen LogP contribution in [0, 0.1) is 0 Å². The highest BCUT2D eigenvalue weighted by Gasteiger charge is 2.50. The number of rotatable bonds is 24. The molecule has 1 rings (SSSR count). The molecule has 1 saturated heterocycles. The van der Waals surface area contributed by atoms with Crippen molar-refractivity contribution in [3.63, 3.8) is 0 Å². The highest BCUT2D eigenvalue weighted by atomic mass is 16.7. The Balaban J connectivity index is 2.84. The zero-order chi connectivity index (χ0) is 30.5. The van der Waals surface area contributed by atoms with E-state index in [1.807, 2.05) is 0 Å². The van der Waals surface area contributed by atoms with Gasteiger partial charge in [-0.2, -0.15) is 0 Å². The lowest BCUT2D eigenvalue weighted by Crippen LogP contribution is -2.62. The Labute approximate surface area is 245 Å². The van der Waals surface area contributed by atoms with Gasteiger partial charge in [-0.1, -0.05) is 90.9 Å². The summed E-state index contributed by atoms with van der Waals surface area (Å²) in [6.07, 6.45) is 4.57. The molecule has 41 heavy (non-hydrogen) atoms. The lowest BCUT2D eigenvalue weighted by molar-refractivity contribution is -0.311. The molecule has 1 aliphatic heterocycles. The number of carbonyl (C=O) groups excluding carboxylic acids is 2. The predicted octanol–water partition coefficient (Wildman–Crippen LogP) is 2.90. The van der Waals surface area contributed by atoms with Gasteiger partial charge in [0.2, 0.25) is 0 Å². The van der Waals surface area contributed by atoms with E-state index in [1.165, 1.54) is 12.8 Å². The number of ether oxygens (including phenoxy) is 4. The number of aliphatic hydroxyl groups excluding tert-OH is 5. The fourth-order valence-electron chi connectivity index (χ4n) is 4.74. The maximum absolute atomic E-state index is 12.8. The molecule has 0 aromatic heterocycles. The highest BCUT2D eigenvalue weighted by Crippen LogP contribution is 2.28. The first kappa shape index (κ1) is 37.7. The Bertz CT molecular complexity index is 677. The first-order chi connectivity index (χ1) is 19.8. The van der Waals surface area contributed by atoms with Crippen LogP contribution >= 0.6 is 0 Å². The first-order valence-electron chi connectivity index (χ1n) is 15.7. The largest absolute Gasteiger partial charge is 0.455 e. The van der Waals surface area contributed by atoms with Gasteiger partial charge in [0.1, 0.15) is 24.4 Å². The fourth-order valence-corrected chi connectivity index (χ4v) is 4.74. The van der Waals surface area contributed by atoms with Gasteiger partial charge in [-0.3, -0.25) is 9.59 Å². The summed E-state index contributed by atoms with van der Waals surface area (Å²) in [6, 6.07) is 0. The smallest absolute Gasteiger partial charge is 0.306 e. The van der Waals surface area contributed by atoms with Gasteiger partial charge in [0.15, 0.2) is 18.5 Å². The van der Waals surface area contributed by atoms with E-state index in [9.17, 15) is 30.0 Å². The van der Waals surface area contributed by atoms with Crippen molar-refractivity contribution < 1.29 is 54.1 Å². The average Bonchev–Trinajstić information content (AvgIpc) is 2.96. The van der Waals surface area contributed by atoms with Crippen molar-refractivity contribution in [3.8, 4) is 0 Å². The molecule has 0 bridgehead atoms. The molecule has 0 saturated carbocycles. The summed E-state index contributed by atoms with van der Waals surface area (Å²) in [7, 11) is 0. The van der Waals surface area contributed by atoms with Gasteiger partial charge in [-0.25, -0.2) is 0 Å². The van der Waals surface area contributed by atoms with Crippen molar-refractivity contribution in [2.24, 2.45) is 0 Å². The summed E-state index contributed by atoms with van der Waals surface area (Å²) >= 11 is 0. The molecule has 0 aliphatic carbocycles. The first-order valence-corrected chi connectivity index (χ1v) is 15.7. The lowest BCUT2D eigenvalue weighted by atomic mass is 9.98. The molecule has 0 aromatic rings. The molecule has 0 spiro atoms. The zero-order valence-electron chi connectivity index (χ0n) is 25.2. The third kappa shape index (κ3) is 15.6. The summed E-state index contributed by atoms with van der Waals surface area (Å²) in [4.78, 5) is 25.5. The normalized spacial score (nSPS) is 24.1. The minimum Gasteiger partial charge on any atom is -0.455 e.